The molecule has 0 bridgehead atoms. The van der Waals surface area contributed by atoms with Gasteiger partial charge in [0.25, 0.3) is 0 Å². The molecule has 1 rings (SSSR count). The van der Waals surface area contributed by atoms with Gasteiger partial charge in [-0.25, -0.2) is 0 Å². The van der Waals surface area contributed by atoms with E-state index in [2.05, 4.69) is 0 Å². The van der Waals surface area contributed by atoms with Crippen molar-refractivity contribution in [2.75, 3.05) is 33.4 Å². The van der Waals surface area contributed by atoms with Crippen molar-refractivity contribution in [2.24, 2.45) is 11.7 Å². The third kappa shape index (κ3) is 3.61. The molecule has 0 radical (unpaired) electrons. The van der Waals surface area contributed by atoms with Gasteiger partial charge in [0.1, 0.15) is 6.04 Å². The number of likely N-dealkylation sites (tertiary alicyclic amines) is 1. The molecule has 3 nitrogen and oxygen atoms in total. The zero-order valence-corrected chi connectivity index (χ0v) is 9.46. The zero-order valence-electron chi connectivity index (χ0n) is 9.46. The summed E-state index contributed by atoms with van der Waals surface area (Å²) in [6.07, 6.45) is -3.43. The monoisotopic (exact) mass is 240 g/mol. The minimum atomic E-state index is -4.18. The molecule has 96 valence electrons. The fourth-order valence-electron chi connectivity index (χ4n) is 2.23. The SMILES string of the molecule is COCC1CCN(C(CCN)C(F)(F)F)C1. The van der Waals surface area contributed by atoms with Crippen molar-refractivity contribution in [3.63, 3.8) is 0 Å². The van der Waals surface area contributed by atoms with E-state index >= 15 is 0 Å². The first kappa shape index (κ1) is 13.7. The van der Waals surface area contributed by atoms with E-state index in [9.17, 15) is 13.2 Å². The molecule has 0 aromatic carbocycles. The van der Waals surface area contributed by atoms with Crippen LogP contribution in [-0.2, 0) is 4.74 Å². The number of hydrogen-bond acceptors (Lipinski definition) is 3. The number of nitrogens with zero attached hydrogens (tertiary/aromatic N) is 1. The van der Waals surface area contributed by atoms with Crippen LogP contribution < -0.4 is 5.73 Å². The second-order valence-electron chi connectivity index (χ2n) is 4.24. The molecule has 2 N–H and O–H groups in total. The van der Waals surface area contributed by atoms with Gasteiger partial charge in [0, 0.05) is 13.7 Å². The molecule has 1 saturated heterocycles. The molecule has 0 aliphatic carbocycles. The predicted molar refractivity (Wildman–Crippen MR) is 55.1 cm³/mol. The second-order valence-corrected chi connectivity index (χ2v) is 4.24. The Balaban J connectivity index is 2.54. The number of nitrogens with two attached hydrogens (primary N) is 1. The highest BCUT2D eigenvalue weighted by atomic mass is 19.4. The molecule has 2 unspecified atom stereocenters. The summed E-state index contributed by atoms with van der Waals surface area (Å²) in [5.74, 6) is 0.215. The van der Waals surface area contributed by atoms with Gasteiger partial charge < -0.3 is 10.5 Å². The highest BCUT2D eigenvalue weighted by Gasteiger charge is 2.44. The van der Waals surface area contributed by atoms with Crippen LogP contribution in [0, 0.1) is 5.92 Å². The molecule has 1 aliphatic rings. The molecule has 1 heterocycles. The Morgan fingerprint density at radius 2 is 2.19 bits per heavy atom. The summed E-state index contributed by atoms with van der Waals surface area (Å²) >= 11 is 0. The lowest BCUT2D eigenvalue weighted by Crippen LogP contribution is -2.45. The van der Waals surface area contributed by atoms with Gasteiger partial charge in [-0.3, -0.25) is 4.90 Å². The van der Waals surface area contributed by atoms with Gasteiger partial charge in [0.05, 0.1) is 6.61 Å². The van der Waals surface area contributed by atoms with Crippen molar-refractivity contribution >= 4 is 0 Å². The summed E-state index contributed by atoms with van der Waals surface area (Å²) in [5, 5.41) is 0. The maximum Gasteiger partial charge on any atom is 0.404 e. The Morgan fingerprint density at radius 1 is 1.50 bits per heavy atom. The summed E-state index contributed by atoms with van der Waals surface area (Å²) in [5.41, 5.74) is 5.24. The van der Waals surface area contributed by atoms with Crippen LogP contribution in [0.5, 0.6) is 0 Å². The number of alkyl halides is 3. The average molecular weight is 240 g/mol. The summed E-state index contributed by atoms with van der Waals surface area (Å²) in [6, 6.07) is -1.39. The van der Waals surface area contributed by atoms with Crippen LogP contribution in [0.2, 0.25) is 0 Å². The summed E-state index contributed by atoms with van der Waals surface area (Å²) in [6.45, 7) is 1.54. The minimum absolute atomic E-state index is 0.0246. The van der Waals surface area contributed by atoms with E-state index in [-0.39, 0.29) is 18.9 Å². The van der Waals surface area contributed by atoms with Gasteiger partial charge in [-0.1, -0.05) is 0 Å². The number of methoxy groups -OCH3 is 1. The normalized spacial score (nSPS) is 24.9. The first-order valence-electron chi connectivity index (χ1n) is 5.48. The Bertz CT molecular complexity index is 211. The summed E-state index contributed by atoms with van der Waals surface area (Å²) < 4.78 is 43.2. The topological polar surface area (TPSA) is 38.5 Å². The molecular weight excluding hydrogens is 221 g/mol. The van der Waals surface area contributed by atoms with Gasteiger partial charge in [0.15, 0.2) is 0 Å². The van der Waals surface area contributed by atoms with E-state index in [1.807, 2.05) is 0 Å². The zero-order chi connectivity index (χ0) is 12.2. The molecule has 0 spiro atoms. The largest absolute Gasteiger partial charge is 0.404 e. The van der Waals surface area contributed by atoms with Crippen molar-refractivity contribution in [3.8, 4) is 0 Å². The van der Waals surface area contributed by atoms with Crippen LogP contribution in [0.15, 0.2) is 0 Å². The standard InChI is InChI=1S/C10H19F3N2O/c1-16-7-8-3-5-15(6-8)9(2-4-14)10(11,12)13/h8-9H,2-7,14H2,1H3. The fourth-order valence-corrected chi connectivity index (χ4v) is 2.23. The van der Waals surface area contributed by atoms with Gasteiger partial charge in [-0.15, -0.1) is 0 Å². The van der Waals surface area contributed by atoms with E-state index in [1.165, 1.54) is 4.90 Å². The lowest BCUT2D eigenvalue weighted by molar-refractivity contribution is -0.182. The maximum atomic E-state index is 12.7. The van der Waals surface area contributed by atoms with E-state index in [0.717, 1.165) is 6.42 Å². The smallest absolute Gasteiger partial charge is 0.384 e. The summed E-state index contributed by atoms with van der Waals surface area (Å²) in [7, 11) is 1.57. The van der Waals surface area contributed by atoms with E-state index < -0.39 is 12.2 Å². The molecule has 0 saturated carbocycles. The molecule has 16 heavy (non-hydrogen) atoms. The minimum Gasteiger partial charge on any atom is -0.384 e. The quantitative estimate of drug-likeness (QED) is 0.785. The number of halogens is 3. The Labute approximate surface area is 93.7 Å². The molecule has 6 heteroatoms. The van der Waals surface area contributed by atoms with Crippen LogP contribution in [0.1, 0.15) is 12.8 Å². The third-order valence-corrected chi connectivity index (χ3v) is 2.98. The highest BCUT2D eigenvalue weighted by molar-refractivity contribution is 4.85. The molecule has 1 aliphatic heterocycles. The Morgan fingerprint density at radius 3 is 2.69 bits per heavy atom. The van der Waals surface area contributed by atoms with Crippen LogP contribution in [0.4, 0.5) is 13.2 Å². The van der Waals surface area contributed by atoms with Crippen molar-refractivity contribution in [2.45, 2.75) is 25.1 Å². The highest BCUT2D eigenvalue weighted by Crippen LogP contribution is 2.31. The van der Waals surface area contributed by atoms with Gasteiger partial charge in [0.2, 0.25) is 0 Å². The van der Waals surface area contributed by atoms with Crippen molar-refractivity contribution in [3.05, 3.63) is 0 Å². The molecule has 0 amide bonds. The van der Waals surface area contributed by atoms with Gasteiger partial charge in [-0.2, -0.15) is 13.2 Å². The fraction of sp³-hybridized carbons (Fsp3) is 1.00. The first-order valence-corrected chi connectivity index (χ1v) is 5.48. The average Bonchev–Trinajstić information content (AvgIpc) is 2.61. The Kier molecular flexibility index (Phi) is 5.01. The first-order chi connectivity index (χ1) is 7.49. The van der Waals surface area contributed by atoms with Gasteiger partial charge in [-0.05, 0) is 31.8 Å². The van der Waals surface area contributed by atoms with Gasteiger partial charge >= 0.3 is 6.18 Å². The second kappa shape index (κ2) is 5.84. The maximum absolute atomic E-state index is 12.7. The van der Waals surface area contributed by atoms with Crippen molar-refractivity contribution < 1.29 is 17.9 Å². The molecule has 1 fully saturated rings. The third-order valence-electron chi connectivity index (χ3n) is 2.98. The van der Waals surface area contributed by atoms with Crippen molar-refractivity contribution in [1.29, 1.82) is 0 Å². The number of ether oxygens (including phenoxy) is 1. The number of rotatable bonds is 5. The van der Waals surface area contributed by atoms with Crippen LogP contribution >= 0.6 is 0 Å². The van der Waals surface area contributed by atoms with Crippen LogP contribution in [-0.4, -0.2) is 50.5 Å². The molecule has 2 atom stereocenters. The lowest BCUT2D eigenvalue weighted by atomic mass is 10.1. The number of hydrogen-bond donors (Lipinski definition) is 1. The van der Waals surface area contributed by atoms with Crippen molar-refractivity contribution in [1.82, 2.24) is 4.90 Å². The van der Waals surface area contributed by atoms with Crippen LogP contribution in [0.25, 0.3) is 0 Å². The van der Waals surface area contributed by atoms with E-state index in [4.69, 9.17) is 10.5 Å². The van der Waals surface area contributed by atoms with E-state index in [1.54, 1.807) is 7.11 Å². The molecular formula is C10H19F3N2O. The Hall–Kier alpha value is -0.330. The lowest BCUT2D eigenvalue weighted by Gasteiger charge is -2.29. The summed E-state index contributed by atoms with van der Waals surface area (Å²) in [4.78, 5) is 1.48. The molecule has 0 aromatic heterocycles. The predicted octanol–water partition coefficient (Wildman–Crippen LogP) is 1.23. The molecule has 0 aromatic rings. The van der Waals surface area contributed by atoms with Crippen LogP contribution in [0.3, 0.4) is 0 Å². The van der Waals surface area contributed by atoms with E-state index in [0.29, 0.717) is 19.7 Å².